The number of aromatic hydroxyl groups is 1. The lowest BCUT2D eigenvalue weighted by Crippen LogP contribution is -2.04. The number of fused-ring (bicyclic) bond motifs is 1. The Morgan fingerprint density at radius 1 is 0.765 bits per heavy atom. The number of nitrogens with zero attached hydrogens (tertiary/aromatic N) is 4. The number of H-pyrrole nitrogens is 1. The standard InChI is InChI=1S/C24H21N5O5/c1-32-15-10-8-14(9-11-15)26-27-18-12-21(34-3)19(13-20(18)33-2)28-29-22-23(30)16-6-4-5-7-17(16)25-24(22)31/h4-13H,1-3H3,(H2,25,30,31). The average molecular weight is 459 g/mol. The van der Waals surface area contributed by atoms with Crippen LogP contribution in [-0.2, 0) is 0 Å². The summed E-state index contributed by atoms with van der Waals surface area (Å²) in [4.78, 5) is 15.1. The quantitative estimate of drug-likeness (QED) is 0.323. The summed E-state index contributed by atoms with van der Waals surface area (Å²) in [6.45, 7) is 0. The van der Waals surface area contributed by atoms with Gasteiger partial charge in [0.05, 0.1) is 32.5 Å². The third-order valence-corrected chi connectivity index (χ3v) is 4.95. The highest BCUT2D eigenvalue weighted by Gasteiger charge is 2.14. The van der Waals surface area contributed by atoms with Gasteiger partial charge in [-0.2, -0.15) is 5.11 Å². The van der Waals surface area contributed by atoms with Gasteiger partial charge in [-0.25, -0.2) is 0 Å². The summed E-state index contributed by atoms with van der Waals surface area (Å²) in [5.41, 5.74) is 1.00. The molecular formula is C24H21N5O5. The molecule has 0 aliphatic rings. The Bertz CT molecular complexity index is 1450. The molecule has 34 heavy (non-hydrogen) atoms. The molecule has 10 heteroatoms. The van der Waals surface area contributed by atoms with E-state index in [9.17, 15) is 9.90 Å². The molecule has 4 aromatic rings. The second-order valence-corrected chi connectivity index (χ2v) is 6.99. The van der Waals surface area contributed by atoms with E-state index in [1.807, 2.05) is 0 Å². The number of hydrogen-bond donors (Lipinski definition) is 2. The topological polar surface area (TPSA) is 130 Å². The first kappa shape index (κ1) is 22.5. The number of methoxy groups -OCH3 is 3. The van der Waals surface area contributed by atoms with E-state index in [1.165, 1.54) is 14.2 Å². The van der Waals surface area contributed by atoms with E-state index in [-0.39, 0.29) is 17.1 Å². The number of benzene rings is 3. The van der Waals surface area contributed by atoms with E-state index in [0.29, 0.717) is 39.5 Å². The van der Waals surface area contributed by atoms with Gasteiger partial charge >= 0.3 is 0 Å². The van der Waals surface area contributed by atoms with Crippen molar-refractivity contribution in [2.24, 2.45) is 20.5 Å². The molecule has 3 aromatic carbocycles. The lowest BCUT2D eigenvalue weighted by molar-refractivity contribution is 0.405. The molecule has 172 valence electrons. The molecule has 10 nitrogen and oxygen atoms in total. The number of rotatable bonds is 7. The highest BCUT2D eigenvalue weighted by atomic mass is 16.5. The molecule has 4 rings (SSSR count). The van der Waals surface area contributed by atoms with Crippen molar-refractivity contribution in [3.63, 3.8) is 0 Å². The summed E-state index contributed by atoms with van der Waals surface area (Å²) in [7, 11) is 4.53. The maximum atomic E-state index is 12.4. The molecule has 0 saturated heterocycles. The number of azo groups is 2. The minimum absolute atomic E-state index is 0.219. The van der Waals surface area contributed by atoms with Gasteiger partial charge in [0.25, 0.3) is 5.56 Å². The summed E-state index contributed by atoms with van der Waals surface area (Å²) in [5, 5.41) is 27.5. The summed E-state index contributed by atoms with van der Waals surface area (Å²) in [6, 6.07) is 17.1. The van der Waals surface area contributed by atoms with Gasteiger partial charge in [-0.15, -0.1) is 15.3 Å². The maximum absolute atomic E-state index is 12.4. The van der Waals surface area contributed by atoms with Crippen molar-refractivity contribution in [1.29, 1.82) is 0 Å². The van der Waals surface area contributed by atoms with Crippen LogP contribution in [-0.4, -0.2) is 31.4 Å². The van der Waals surface area contributed by atoms with Crippen LogP contribution in [0, 0.1) is 0 Å². The van der Waals surface area contributed by atoms with Gasteiger partial charge in [-0.05, 0) is 36.4 Å². The molecule has 0 spiro atoms. The fourth-order valence-electron chi connectivity index (χ4n) is 3.19. The Kier molecular flexibility index (Phi) is 6.49. The predicted octanol–water partition coefficient (Wildman–Crippen LogP) is 6.09. The van der Waals surface area contributed by atoms with Gasteiger partial charge < -0.3 is 24.3 Å². The predicted molar refractivity (Wildman–Crippen MR) is 127 cm³/mol. The first-order valence-electron chi connectivity index (χ1n) is 10.1. The van der Waals surface area contributed by atoms with Crippen LogP contribution >= 0.6 is 0 Å². The highest BCUT2D eigenvalue weighted by molar-refractivity contribution is 5.88. The number of para-hydroxylation sites is 1. The zero-order valence-electron chi connectivity index (χ0n) is 18.6. The molecule has 0 bridgehead atoms. The minimum atomic E-state index is -0.573. The molecular weight excluding hydrogens is 438 g/mol. The molecule has 0 atom stereocenters. The summed E-state index contributed by atoms with van der Waals surface area (Å²) < 4.78 is 16.0. The Labute approximate surface area is 194 Å². The summed E-state index contributed by atoms with van der Waals surface area (Å²) in [5.74, 6) is 1.14. The maximum Gasteiger partial charge on any atom is 0.280 e. The number of aromatic amines is 1. The van der Waals surface area contributed by atoms with Crippen molar-refractivity contribution in [2.45, 2.75) is 0 Å². The molecule has 0 aliphatic carbocycles. The van der Waals surface area contributed by atoms with Gasteiger partial charge in [-0.1, -0.05) is 12.1 Å². The average Bonchev–Trinajstić information content (AvgIpc) is 2.87. The Morgan fingerprint density at radius 3 is 2.00 bits per heavy atom. The van der Waals surface area contributed by atoms with Crippen molar-refractivity contribution in [3.05, 3.63) is 71.0 Å². The third-order valence-electron chi connectivity index (χ3n) is 4.95. The zero-order chi connectivity index (χ0) is 24.1. The van der Waals surface area contributed by atoms with Crippen LogP contribution in [0.3, 0.4) is 0 Å². The third kappa shape index (κ3) is 4.56. The van der Waals surface area contributed by atoms with Crippen molar-refractivity contribution >= 4 is 33.7 Å². The van der Waals surface area contributed by atoms with Crippen molar-refractivity contribution < 1.29 is 19.3 Å². The number of aromatic nitrogens is 1. The van der Waals surface area contributed by atoms with E-state index >= 15 is 0 Å². The fourth-order valence-corrected chi connectivity index (χ4v) is 3.19. The van der Waals surface area contributed by atoms with Crippen LogP contribution in [0.4, 0.5) is 22.7 Å². The largest absolute Gasteiger partial charge is 0.505 e. The first-order chi connectivity index (χ1) is 16.5. The van der Waals surface area contributed by atoms with Crippen LogP contribution in [0.5, 0.6) is 23.0 Å². The van der Waals surface area contributed by atoms with Crippen LogP contribution in [0.25, 0.3) is 10.9 Å². The molecule has 0 radical (unpaired) electrons. The molecule has 0 unspecified atom stereocenters. The molecule has 0 fully saturated rings. The van der Waals surface area contributed by atoms with E-state index in [1.54, 1.807) is 67.8 Å². The van der Waals surface area contributed by atoms with E-state index in [0.717, 1.165) is 0 Å². The second-order valence-electron chi connectivity index (χ2n) is 6.99. The molecule has 0 aliphatic heterocycles. The van der Waals surface area contributed by atoms with Gasteiger partial charge in [0.1, 0.15) is 28.6 Å². The molecule has 0 saturated carbocycles. The highest BCUT2D eigenvalue weighted by Crippen LogP contribution is 2.41. The van der Waals surface area contributed by atoms with Crippen molar-refractivity contribution in [2.75, 3.05) is 21.3 Å². The van der Waals surface area contributed by atoms with Crippen molar-refractivity contribution in [3.8, 4) is 23.0 Å². The molecule has 1 heterocycles. The number of nitrogens with one attached hydrogen (secondary N) is 1. The van der Waals surface area contributed by atoms with Crippen LogP contribution < -0.4 is 19.8 Å². The van der Waals surface area contributed by atoms with Crippen LogP contribution in [0.1, 0.15) is 0 Å². The number of ether oxygens (including phenoxy) is 3. The first-order valence-corrected chi connectivity index (χ1v) is 10.1. The molecule has 1 aromatic heterocycles. The molecule has 2 N–H and O–H groups in total. The van der Waals surface area contributed by atoms with Gasteiger partial charge in [-0.3, -0.25) is 4.79 Å². The zero-order valence-corrected chi connectivity index (χ0v) is 18.6. The van der Waals surface area contributed by atoms with Gasteiger partial charge in [0.2, 0.25) is 0 Å². The minimum Gasteiger partial charge on any atom is -0.505 e. The smallest absolute Gasteiger partial charge is 0.280 e. The van der Waals surface area contributed by atoms with Crippen LogP contribution in [0.2, 0.25) is 0 Å². The second kappa shape index (κ2) is 9.82. The fraction of sp³-hybridized carbons (Fsp3) is 0.125. The van der Waals surface area contributed by atoms with Crippen LogP contribution in [0.15, 0.2) is 85.9 Å². The van der Waals surface area contributed by atoms with E-state index in [4.69, 9.17) is 14.2 Å². The van der Waals surface area contributed by atoms with E-state index in [2.05, 4.69) is 25.4 Å². The normalized spacial score (nSPS) is 11.4. The van der Waals surface area contributed by atoms with E-state index < -0.39 is 5.56 Å². The Morgan fingerprint density at radius 2 is 1.38 bits per heavy atom. The Hall–Kier alpha value is -4.73. The lowest BCUT2D eigenvalue weighted by atomic mass is 10.2. The Balaban J connectivity index is 1.69. The monoisotopic (exact) mass is 459 g/mol. The lowest BCUT2D eigenvalue weighted by Gasteiger charge is -2.09. The summed E-state index contributed by atoms with van der Waals surface area (Å²) in [6.07, 6.45) is 0. The number of hydrogen-bond acceptors (Lipinski definition) is 9. The van der Waals surface area contributed by atoms with Gasteiger partial charge in [0, 0.05) is 17.5 Å². The summed E-state index contributed by atoms with van der Waals surface area (Å²) >= 11 is 0. The number of pyridine rings is 1. The molecule has 0 amide bonds. The SMILES string of the molecule is COc1ccc(N=Nc2cc(OC)c(N=Nc3c(O)c4ccccc4[nH]c3=O)cc2OC)cc1. The van der Waals surface area contributed by atoms with Crippen molar-refractivity contribution in [1.82, 2.24) is 4.98 Å². The van der Waals surface area contributed by atoms with Gasteiger partial charge in [0.15, 0.2) is 11.4 Å².